The van der Waals surface area contributed by atoms with Crippen molar-refractivity contribution in [1.82, 2.24) is 4.68 Å². The Hall–Kier alpha value is -0.960. The van der Waals surface area contributed by atoms with Crippen LogP contribution in [0.1, 0.15) is 12.8 Å². The molecule has 1 unspecified atom stereocenters. The van der Waals surface area contributed by atoms with Gasteiger partial charge in [0, 0.05) is 31.5 Å². The lowest BCUT2D eigenvalue weighted by molar-refractivity contribution is 0.0586. The Labute approximate surface area is 78.7 Å². The summed E-state index contributed by atoms with van der Waals surface area (Å²) >= 11 is 0. The normalized spacial score (nSPS) is 22.9. The molecular formula is C10H16N2O. The number of aromatic nitrogens is 1. The van der Waals surface area contributed by atoms with Crippen LogP contribution in [0.15, 0.2) is 24.5 Å². The lowest BCUT2D eigenvalue weighted by Gasteiger charge is -2.22. The molecule has 1 aliphatic rings. The third-order valence-corrected chi connectivity index (χ3v) is 2.42. The molecule has 0 amide bonds. The molecule has 1 fully saturated rings. The molecule has 13 heavy (non-hydrogen) atoms. The minimum atomic E-state index is 0.677. The number of hydrogen-bond donors (Lipinski definition) is 1. The summed E-state index contributed by atoms with van der Waals surface area (Å²) in [6, 6.07) is 4.04. The first-order chi connectivity index (χ1) is 6.45. The van der Waals surface area contributed by atoms with E-state index in [-0.39, 0.29) is 0 Å². The molecule has 1 N–H and O–H groups in total. The fourth-order valence-corrected chi connectivity index (χ4v) is 1.64. The predicted octanol–water partition coefficient (Wildman–Crippen LogP) is 1.46. The molecule has 1 atom stereocenters. The van der Waals surface area contributed by atoms with E-state index in [4.69, 9.17) is 4.74 Å². The Kier molecular flexibility index (Phi) is 2.87. The summed E-state index contributed by atoms with van der Waals surface area (Å²) in [5, 5.41) is 0. The molecule has 72 valence electrons. The maximum absolute atomic E-state index is 5.40. The van der Waals surface area contributed by atoms with Gasteiger partial charge in [0.2, 0.25) is 0 Å². The minimum Gasteiger partial charge on any atom is -0.381 e. The van der Waals surface area contributed by atoms with Gasteiger partial charge in [-0.1, -0.05) is 0 Å². The van der Waals surface area contributed by atoms with Crippen molar-refractivity contribution in [2.45, 2.75) is 12.8 Å². The van der Waals surface area contributed by atoms with Crippen molar-refractivity contribution in [3.63, 3.8) is 0 Å². The van der Waals surface area contributed by atoms with Crippen LogP contribution in [-0.4, -0.2) is 24.4 Å². The van der Waals surface area contributed by atoms with Gasteiger partial charge in [0.05, 0.1) is 6.61 Å². The first-order valence-electron chi connectivity index (χ1n) is 4.90. The van der Waals surface area contributed by atoms with Gasteiger partial charge < -0.3 is 10.2 Å². The monoisotopic (exact) mass is 180 g/mol. The van der Waals surface area contributed by atoms with Crippen molar-refractivity contribution in [1.29, 1.82) is 0 Å². The van der Waals surface area contributed by atoms with Gasteiger partial charge in [-0.15, -0.1) is 0 Å². The van der Waals surface area contributed by atoms with Crippen LogP contribution in [0.3, 0.4) is 0 Å². The molecule has 1 saturated heterocycles. The molecule has 1 aliphatic heterocycles. The molecule has 1 aromatic heterocycles. The van der Waals surface area contributed by atoms with E-state index < -0.39 is 0 Å². The van der Waals surface area contributed by atoms with Gasteiger partial charge in [0.15, 0.2) is 0 Å². The van der Waals surface area contributed by atoms with E-state index >= 15 is 0 Å². The molecular weight excluding hydrogens is 164 g/mol. The molecule has 0 bridgehead atoms. The van der Waals surface area contributed by atoms with Crippen LogP contribution in [0.2, 0.25) is 0 Å². The van der Waals surface area contributed by atoms with Crippen LogP contribution in [0.25, 0.3) is 0 Å². The van der Waals surface area contributed by atoms with Gasteiger partial charge in [0.25, 0.3) is 0 Å². The van der Waals surface area contributed by atoms with Crippen molar-refractivity contribution in [3.05, 3.63) is 24.5 Å². The summed E-state index contributed by atoms with van der Waals surface area (Å²) in [5.74, 6) is 0.677. The lowest BCUT2D eigenvalue weighted by atomic mass is 10.0. The van der Waals surface area contributed by atoms with Gasteiger partial charge in [-0.3, -0.25) is 4.68 Å². The average Bonchev–Trinajstić information content (AvgIpc) is 2.69. The summed E-state index contributed by atoms with van der Waals surface area (Å²) < 4.78 is 7.40. The van der Waals surface area contributed by atoms with E-state index in [9.17, 15) is 0 Å². The van der Waals surface area contributed by atoms with Crippen LogP contribution < -0.4 is 5.43 Å². The van der Waals surface area contributed by atoms with Crippen molar-refractivity contribution >= 4 is 0 Å². The largest absolute Gasteiger partial charge is 0.381 e. The zero-order chi connectivity index (χ0) is 8.93. The topological polar surface area (TPSA) is 26.2 Å². The maximum Gasteiger partial charge on any atom is 0.0511 e. The lowest BCUT2D eigenvalue weighted by Crippen LogP contribution is -2.27. The Bertz CT molecular complexity index is 227. The molecule has 0 radical (unpaired) electrons. The van der Waals surface area contributed by atoms with Crippen LogP contribution in [0.4, 0.5) is 0 Å². The smallest absolute Gasteiger partial charge is 0.0511 e. The first kappa shape index (κ1) is 8.63. The summed E-state index contributed by atoms with van der Waals surface area (Å²) in [5.41, 5.74) is 3.33. The molecule has 0 spiro atoms. The zero-order valence-electron chi connectivity index (χ0n) is 7.78. The quantitative estimate of drug-likeness (QED) is 0.762. The van der Waals surface area contributed by atoms with Crippen molar-refractivity contribution in [2.24, 2.45) is 5.92 Å². The summed E-state index contributed by atoms with van der Waals surface area (Å²) in [4.78, 5) is 0. The van der Waals surface area contributed by atoms with Crippen LogP contribution in [0.5, 0.6) is 0 Å². The number of ether oxygens (including phenoxy) is 1. The van der Waals surface area contributed by atoms with Gasteiger partial charge in [0.1, 0.15) is 0 Å². The third kappa shape index (κ3) is 2.49. The highest BCUT2D eigenvalue weighted by atomic mass is 16.5. The molecule has 0 saturated carbocycles. The van der Waals surface area contributed by atoms with E-state index in [0.29, 0.717) is 5.92 Å². The highest BCUT2D eigenvalue weighted by Crippen LogP contribution is 2.12. The Morgan fingerprint density at radius 1 is 1.38 bits per heavy atom. The maximum atomic E-state index is 5.40. The number of nitrogens with zero attached hydrogens (tertiary/aromatic N) is 1. The van der Waals surface area contributed by atoms with Gasteiger partial charge in [-0.05, 0) is 25.0 Å². The second-order valence-electron chi connectivity index (χ2n) is 3.54. The Balaban J connectivity index is 1.72. The van der Waals surface area contributed by atoms with E-state index in [1.807, 2.05) is 29.2 Å². The number of nitrogens with one attached hydrogen (secondary N) is 1. The predicted molar refractivity (Wildman–Crippen MR) is 52.2 cm³/mol. The zero-order valence-corrected chi connectivity index (χ0v) is 7.78. The molecule has 3 heteroatoms. The summed E-state index contributed by atoms with van der Waals surface area (Å²) in [7, 11) is 0. The van der Waals surface area contributed by atoms with Crippen LogP contribution in [-0.2, 0) is 4.74 Å². The summed E-state index contributed by atoms with van der Waals surface area (Å²) in [6.07, 6.45) is 6.53. The van der Waals surface area contributed by atoms with E-state index in [1.165, 1.54) is 12.8 Å². The molecule has 3 nitrogen and oxygen atoms in total. The van der Waals surface area contributed by atoms with Gasteiger partial charge >= 0.3 is 0 Å². The Morgan fingerprint density at radius 2 is 2.23 bits per heavy atom. The van der Waals surface area contributed by atoms with Crippen molar-refractivity contribution < 1.29 is 4.74 Å². The fourth-order valence-electron chi connectivity index (χ4n) is 1.64. The number of hydrogen-bond acceptors (Lipinski definition) is 2. The molecule has 2 heterocycles. The standard InChI is InChI=1S/C10H16N2O/c1-2-6-12(5-1)11-8-10-4-3-7-13-9-10/h1-2,5-6,10-11H,3-4,7-9H2. The minimum absolute atomic E-state index is 0.677. The molecule has 2 rings (SSSR count). The van der Waals surface area contributed by atoms with Gasteiger partial charge in [-0.25, -0.2) is 0 Å². The highest BCUT2D eigenvalue weighted by molar-refractivity contribution is 4.93. The van der Waals surface area contributed by atoms with Crippen LogP contribution >= 0.6 is 0 Å². The molecule has 0 aromatic carbocycles. The average molecular weight is 180 g/mol. The van der Waals surface area contributed by atoms with Crippen LogP contribution in [0, 0.1) is 5.92 Å². The Morgan fingerprint density at radius 3 is 2.92 bits per heavy atom. The van der Waals surface area contributed by atoms with E-state index in [2.05, 4.69) is 5.43 Å². The van der Waals surface area contributed by atoms with Crippen molar-refractivity contribution in [3.8, 4) is 0 Å². The second-order valence-corrected chi connectivity index (χ2v) is 3.54. The molecule has 1 aromatic rings. The van der Waals surface area contributed by atoms with E-state index in [1.54, 1.807) is 0 Å². The number of rotatable bonds is 3. The van der Waals surface area contributed by atoms with Gasteiger partial charge in [-0.2, -0.15) is 0 Å². The third-order valence-electron chi connectivity index (χ3n) is 2.42. The highest BCUT2D eigenvalue weighted by Gasteiger charge is 2.12. The SMILES string of the molecule is c1ccn(NCC2CCCOC2)c1. The summed E-state index contributed by atoms with van der Waals surface area (Å²) in [6.45, 7) is 2.86. The molecule has 0 aliphatic carbocycles. The first-order valence-corrected chi connectivity index (χ1v) is 4.90. The fraction of sp³-hybridized carbons (Fsp3) is 0.600. The second kappa shape index (κ2) is 4.33. The van der Waals surface area contributed by atoms with E-state index in [0.717, 1.165) is 19.8 Å². The van der Waals surface area contributed by atoms with Crippen molar-refractivity contribution in [2.75, 3.05) is 25.2 Å².